The molecule has 0 bridgehead atoms. The molecule has 1 rings (SSSR count). The molecule has 100 valence electrons. The predicted molar refractivity (Wildman–Crippen MR) is 75.6 cm³/mol. The molecule has 1 aromatic carbocycles. The summed E-state index contributed by atoms with van der Waals surface area (Å²) < 4.78 is 0. The van der Waals surface area contributed by atoms with Gasteiger partial charge in [0.15, 0.2) is 0 Å². The van der Waals surface area contributed by atoms with Crippen LogP contribution in [0.4, 0.5) is 5.69 Å². The fourth-order valence-electron chi connectivity index (χ4n) is 1.90. The van der Waals surface area contributed by atoms with E-state index in [4.69, 9.17) is 5.73 Å². The molecule has 18 heavy (non-hydrogen) atoms. The van der Waals surface area contributed by atoms with E-state index in [0.717, 1.165) is 17.8 Å². The van der Waals surface area contributed by atoms with Gasteiger partial charge in [-0.1, -0.05) is 26.0 Å². The number of nitrogens with zero attached hydrogens (tertiary/aromatic N) is 1. The Kier molecular flexibility index (Phi) is 5.16. The quantitative estimate of drug-likeness (QED) is 0.801. The van der Waals surface area contributed by atoms with Crippen molar-refractivity contribution in [2.75, 3.05) is 18.5 Å². The molecule has 0 unspecified atom stereocenters. The summed E-state index contributed by atoms with van der Waals surface area (Å²) in [6, 6.07) is 6.73. The largest absolute Gasteiger partial charge is 0.368 e. The van der Waals surface area contributed by atoms with Gasteiger partial charge in [0.05, 0.1) is 6.54 Å². The second kappa shape index (κ2) is 6.40. The third-order valence-corrected chi connectivity index (χ3v) is 2.78. The van der Waals surface area contributed by atoms with E-state index in [1.807, 2.05) is 24.9 Å². The summed E-state index contributed by atoms with van der Waals surface area (Å²) in [7, 11) is 1.87. The summed E-state index contributed by atoms with van der Waals surface area (Å²) in [5, 5.41) is 3.38. The van der Waals surface area contributed by atoms with Crippen molar-refractivity contribution in [3.8, 4) is 0 Å². The number of nitrogens with one attached hydrogen (secondary N) is 1. The van der Waals surface area contributed by atoms with Crippen LogP contribution in [0.25, 0.3) is 0 Å². The Morgan fingerprint density at radius 2 is 2.11 bits per heavy atom. The first kappa shape index (κ1) is 14.5. The molecule has 0 radical (unpaired) electrons. The van der Waals surface area contributed by atoms with E-state index in [9.17, 15) is 4.79 Å². The zero-order valence-corrected chi connectivity index (χ0v) is 11.7. The monoisotopic (exact) mass is 249 g/mol. The zero-order valence-electron chi connectivity index (χ0n) is 11.7. The number of primary amides is 1. The molecule has 0 fully saturated rings. The maximum Gasteiger partial charge on any atom is 0.236 e. The molecule has 0 aliphatic rings. The van der Waals surface area contributed by atoms with Crippen molar-refractivity contribution in [1.82, 2.24) is 5.32 Å². The first-order chi connectivity index (χ1) is 8.40. The minimum Gasteiger partial charge on any atom is -0.368 e. The van der Waals surface area contributed by atoms with E-state index in [-0.39, 0.29) is 12.5 Å². The van der Waals surface area contributed by atoms with Gasteiger partial charge in [0.1, 0.15) is 0 Å². The van der Waals surface area contributed by atoms with Gasteiger partial charge in [0, 0.05) is 25.3 Å². The summed E-state index contributed by atoms with van der Waals surface area (Å²) in [6.07, 6.45) is 0. The Morgan fingerprint density at radius 1 is 1.44 bits per heavy atom. The van der Waals surface area contributed by atoms with Gasteiger partial charge in [0.25, 0.3) is 0 Å². The normalized spacial score (nSPS) is 10.7. The molecule has 0 saturated heterocycles. The van der Waals surface area contributed by atoms with Crippen LogP contribution >= 0.6 is 0 Å². The molecule has 0 aromatic heterocycles. The average Bonchev–Trinajstić information content (AvgIpc) is 2.25. The number of anilines is 1. The third-order valence-electron chi connectivity index (χ3n) is 2.78. The molecule has 1 amide bonds. The molecule has 3 N–H and O–H groups in total. The topological polar surface area (TPSA) is 58.4 Å². The Labute approximate surface area is 109 Å². The van der Waals surface area contributed by atoms with Crippen molar-refractivity contribution in [2.45, 2.75) is 33.4 Å². The number of nitrogens with two attached hydrogens (primary N) is 1. The highest BCUT2D eigenvalue weighted by Crippen LogP contribution is 2.20. The SMILES string of the molecule is Cc1cc(CNC(C)C)ccc1N(C)CC(N)=O. The maximum atomic E-state index is 10.9. The van der Waals surface area contributed by atoms with Crippen LogP contribution in [0.15, 0.2) is 18.2 Å². The zero-order chi connectivity index (χ0) is 13.7. The van der Waals surface area contributed by atoms with Crippen LogP contribution in [-0.4, -0.2) is 25.5 Å². The number of amides is 1. The number of hydrogen-bond acceptors (Lipinski definition) is 3. The predicted octanol–water partition coefficient (Wildman–Crippen LogP) is 1.41. The van der Waals surface area contributed by atoms with Crippen molar-refractivity contribution in [3.05, 3.63) is 29.3 Å². The molecule has 4 nitrogen and oxygen atoms in total. The molecule has 0 atom stereocenters. The number of benzene rings is 1. The van der Waals surface area contributed by atoms with E-state index in [1.165, 1.54) is 5.56 Å². The molecule has 0 saturated carbocycles. The minimum atomic E-state index is -0.317. The highest BCUT2D eigenvalue weighted by molar-refractivity contribution is 5.79. The van der Waals surface area contributed by atoms with Crippen LogP contribution in [0.1, 0.15) is 25.0 Å². The Bertz CT molecular complexity index is 416. The van der Waals surface area contributed by atoms with E-state index in [2.05, 4.69) is 31.3 Å². The lowest BCUT2D eigenvalue weighted by Gasteiger charge is -2.20. The van der Waals surface area contributed by atoms with Crippen LogP contribution in [0, 0.1) is 6.92 Å². The lowest BCUT2D eigenvalue weighted by atomic mass is 10.1. The summed E-state index contributed by atoms with van der Waals surface area (Å²) in [5.41, 5.74) is 8.65. The molecule has 0 spiro atoms. The Balaban J connectivity index is 2.75. The van der Waals surface area contributed by atoms with Crippen LogP contribution in [0.3, 0.4) is 0 Å². The molecular weight excluding hydrogens is 226 g/mol. The second-order valence-electron chi connectivity index (χ2n) is 4.98. The molecule has 4 heteroatoms. The molecule has 1 aromatic rings. The van der Waals surface area contributed by atoms with Crippen molar-refractivity contribution >= 4 is 11.6 Å². The minimum absolute atomic E-state index is 0.241. The highest BCUT2D eigenvalue weighted by atomic mass is 16.1. The van der Waals surface area contributed by atoms with Crippen molar-refractivity contribution in [1.29, 1.82) is 0 Å². The number of carbonyl (C=O) groups excluding carboxylic acids is 1. The van der Waals surface area contributed by atoms with Crippen molar-refractivity contribution in [2.24, 2.45) is 5.73 Å². The second-order valence-corrected chi connectivity index (χ2v) is 4.98. The molecule has 0 aliphatic carbocycles. The number of carbonyl (C=O) groups is 1. The number of likely N-dealkylation sites (N-methyl/N-ethyl adjacent to an activating group) is 1. The van der Waals surface area contributed by atoms with Gasteiger partial charge in [0.2, 0.25) is 5.91 Å². The highest BCUT2D eigenvalue weighted by Gasteiger charge is 2.07. The van der Waals surface area contributed by atoms with Gasteiger partial charge in [-0.3, -0.25) is 4.79 Å². The smallest absolute Gasteiger partial charge is 0.236 e. The van der Waals surface area contributed by atoms with Gasteiger partial charge >= 0.3 is 0 Å². The fourth-order valence-corrected chi connectivity index (χ4v) is 1.90. The lowest BCUT2D eigenvalue weighted by Crippen LogP contribution is -2.31. The molecule has 0 aliphatic heterocycles. The van der Waals surface area contributed by atoms with Gasteiger partial charge in [-0.05, 0) is 24.1 Å². The first-order valence-corrected chi connectivity index (χ1v) is 6.22. The van der Waals surface area contributed by atoms with Crippen molar-refractivity contribution < 1.29 is 4.79 Å². The molecule has 0 heterocycles. The molecular formula is C14H23N3O. The van der Waals surface area contributed by atoms with Crippen molar-refractivity contribution in [3.63, 3.8) is 0 Å². The van der Waals surface area contributed by atoms with E-state index in [1.54, 1.807) is 0 Å². The van der Waals surface area contributed by atoms with Crippen LogP contribution < -0.4 is 16.0 Å². The van der Waals surface area contributed by atoms with Gasteiger partial charge in [-0.15, -0.1) is 0 Å². The number of hydrogen-bond donors (Lipinski definition) is 2. The van der Waals surface area contributed by atoms with Crippen LogP contribution in [-0.2, 0) is 11.3 Å². The van der Waals surface area contributed by atoms with E-state index >= 15 is 0 Å². The van der Waals surface area contributed by atoms with Gasteiger partial charge in [-0.2, -0.15) is 0 Å². The van der Waals surface area contributed by atoms with Crippen LogP contribution in [0.5, 0.6) is 0 Å². The number of aryl methyl sites for hydroxylation is 1. The summed E-state index contributed by atoms with van der Waals surface area (Å²) >= 11 is 0. The first-order valence-electron chi connectivity index (χ1n) is 6.22. The summed E-state index contributed by atoms with van der Waals surface area (Å²) in [6.45, 7) is 7.40. The third kappa shape index (κ3) is 4.37. The fraction of sp³-hybridized carbons (Fsp3) is 0.500. The Morgan fingerprint density at radius 3 is 2.61 bits per heavy atom. The number of rotatable bonds is 6. The van der Waals surface area contributed by atoms with Gasteiger partial charge < -0.3 is 16.0 Å². The van der Waals surface area contributed by atoms with E-state index < -0.39 is 0 Å². The van der Waals surface area contributed by atoms with E-state index in [0.29, 0.717) is 6.04 Å². The summed E-state index contributed by atoms with van der Waals surface area (Å²) in [4.78, 5) is 12.8. The standard InChI is InChI=1S/C14H23N3O/c1-10(2)16-8-12-5-6-13(11(3)7-12)17(4)9-14(15)18/h5-7,10,16H,8-9H2,1-4H3,(H2,15,18). The lowest BCUT2D eigenvalue weighted by molar-refractivity contribution is -0.116. The van der Waals surface area contributed by atoms with Gasteiger partial charge in [-0.25, -0.2) is 0 Å². The summed E-state index contributed by atoms with van der Waals surface area (Å²) in [5.74, 6) is -0.317. The Hall–Kier alpha value is -1.55. The van der Waals surface area contributed by atoms with Crippen LogP contribution in [0.2, 0.25) is 0 Å². The maximum absolute atomic E-state index is 10.9. The average molecular weight is 249 g/mol.